The fourth-order valence-electron chi connectivity index (χ4n) is 1.94. The molecule has 0 fully saturated rings. The molecule has 2 rings (SSSR count). The first-order valence-electron chi connectivity index (χ1n) is 6.14. The van der Waals surface area contributed by atoms with E-state index in [1.54, 1.807) is 0 Å². The van der Waals surface area contributed by atoms with Gasteiger partial charge in [-0.1, -0.05) is 17.7 Å². The summed E-state index contributed by atoms with van der Waals surface area (Å²) in [5.41, 5.74) is 4.29. The van der Waals surface area contributed by atoms with Crippen molar-refractivity contribution in [2.75, 3.05) is 5.32 Å². The van der Waals surface area contributed by atoms with Crippen LogP contribution in [0.5, 0.6) is 0 Å². The highest BCUT2D eigenvalue weighted by molar-refractivity contribution is 5.91. The highest BCUT2D eigenvalue weighted by Crippen LogP contribution is 2.16. The molecule has 1 heterocycles. The molecular formula is C15H18N2O. The number of benzene rings is 1. The van der Waals surface area contributed by atoms with Crippen LogP contribution in [0.1, 0.15) is 23.2 Å². The summed E-state index contributed by atoms with van der Waals surface area (Å²) in [6.07, 6.45) is 3.11. The van der Waals surface area contributed by atoms with Crippen LogP contribution in [0.2, 0.25) is 0 Å². The van der Waals surface area contributed by atoms with Gasteiger partial charge in [-0.2, -0.15) is 0 Å². The Morgan fingerprint density at radius 1 is 1.28 bits per heavy atom. The van der Waals surface area contributed by atoms with Gasteiger partial charge in [0.1, 0.15) is 0 Å². The van der Waals surface area contributed by atoms with Crippen molar-refractivity contribution in [2.24, 2.45) is 0 Å². The van der Waals surface area contributed by atoms with Crippen molar-refractivity contribution in [3.8, 4) is 0 Å². The first-order chi connectivity index (χ1) is 8.65. The number of aromatic nitrogens is 1. The van der Waals surface area contributed by atoms with Gasteiger partial charge in [0.05, 0.1) is 0 Å². The van der Waals surface area contributed by atoms with E-state index in [9.17, 15) is 4.79 Å². The van der Waals surface area contributed by atoms with Crippen LogP contribution >= 0.6 is 0 Å². The van der Waals surface area contributed by atoms with Crippen LogP contribution in [-0.2, 0) is 11.2 Å². The minimum Gasteiger partial charge on any atom is -0.365 e. The average Bonchev–Trinajstić information content (AvgIpc) is 2.83. The summed E-state index contributed by atoms with van der Waals surface area (Å²) < 4.78 is 0. The molecule has 94 valence electrons. The monoisotopic (exact) mass is 242 g/mol. The fraction of sp³-hybridized carbons (Fsp3) is 0.267. The molecule has 0 saturated heterocycles. The summed E-state index contributed by atoms with van der Waals surface area (Å²) in [5, 5.41) is 2.95. The maximum absolute atomic E-state index is 11.8. The van der Waals surface area contributed by atoms with Gasteiger partial charge in [0.25, 0.3) is 0 Å². The van der Waals surface area contributed by atoms with Crippen LogP contribution in [0.15, 0.2) is 36.5 Å². The number of rotatable bonds is 4. The Balaban J connectivity index is 1.91. The van der Waals surface area contributed by atoms with Crippen molar-refractivity contribution < 1.29 is 4.79 Å². The molecule has 0 spiro atoms. The predicted octanol–water partition coefficient (Wildman–Crippen LogP) is 3.20. The molecule has 0 unspecified atom stereocenters. The quantitative estimate of drug-likeness (QED) is 0.849. The Hall–Kier alpha value is -2.03. The average molecular weight is 242 g/mol. The van der Waals surface area contributed by atoms with Crippen LogP contribution in [0.4, 0.5) is 5.69 Å². The van der Waals surface area contributed by atoms with E-state index in [2.05, 4.69) is 16.4 Å². The Kier molecular flexibility index (Phi) is 3.82. The number of carbonyl (C=O) groups excluding carboxylic acids is 1. The molecule has 1 amide bonds. The number of aryl methyl sites for hydroxylation is 3. The number of amides is 1. The van der Waals surface area contributed by atoms with Crippen molar-refractivity contribution in [2.45, 2.75) is 26.7 Å². The van der Waals surface area contributed by atoms with Crippen molar-refractivity contribution >= 4 is 11.6 Å². The minimum atomic E-state index is 0.0524. The van der Waals surface area contributed by atoms with E-state index in [4.69, 9.17) is 0 Å². The lowest BCUT2D eigenvalue weighted by atomic mass is 10.1. The van der Waals surface area contributed by atoms with Gasteiger partial charge >= 0.3 is 0 Å². The Morgan fingerprint density at radius 2 is 2.11 bits per heavy atom. The molecule has 2 N–H and O–H groups in total. The number of anilines is 1. The minimum absolute atomic E-state index is 0.0524. The fourth-order valence-corrected chi connectivity index (χ4v) is 1.94. The molecule has 1 aromatic heterocycles. The molecule has 0 bridgehead atoms. The summed E-state index contributed by atoms with van der Waals surface area (Å²) in [6.45, 7) is 4.05. The van der Waals surface area contributed by atoms with E-state index in [0.29, 0.717) is 6.42 Å². The number of hydrogen-bond donors (Lipinski definition) is 2. The maximum Gasteiger partial charge on any atom is 0.224 e. The van der Waals surface area contributed by atoms with Crippen LogP contribution < -0.4 is 5.32 Å². The zero-order chi connectivity index (χ0) is 13.0. The summed E-state index contributed by atoms with van der Waals surface area (Å²) in [7, 11) is 0. The molecule has 1 aromatic carbocycles. The molecule has 18 heavy (non-hydrogen) atoms. The van der Waals surface area contributed by atoms with Crippen LogP contribution in [-0.4, -0.2) is 10.9 Å². The number of hydrogen-bond acceptors (Lipinski definition) is 1. The van der Waals surface area contributed by atoms with Gasteiger partial charge in [-0.05, 0) is 44.0 Å². The smallest absolute Gasteiger partial charge is 0.224 e. The number of nitrogens with one attached hydrogen (secondary N) is 2. The zero-order valence-corrected chi connectivity index (χ0v) is 10.8. The Bertz CT molecular complexity index is 529. The lowest BCUT2D eigenvalue weighted by Crippen LogP contribution is -2.13. The van der Waals surface area contributed by atoms with Gasteiger partial charge in [0.15, 0.2) is 0 Å². The Labute approximate surface area is 107 Å². The third-order valence-corrected chi connectivity index (χ3v) is 2.94. The SMILES string of the molecule is Cc1ccc(NC(=O)CCc2ccc[nH]2)c(C)c1. The molecular weight excluding hydrogens is 224 g/mol. The van der Waals surface area contributed by atoms with Gasteiger partial charge < -0.3 is 10.3 Å². The van der Waals surface area contributed by atoms with E-state index in [1.165, 1.54) is 5.56 Å². The van der Waals surface area contributed by atoms with Crippen molar-refractivity contribution in [3.63, 3.8) is 0 Å². The Morgan fingerprint density at radius 3 is 2.78 bits per heavy atom. The molecule has 0 radical (unpaired) electrons. The number of aromatic amines is 1. The number of H-pyrrole nitrogens is 1. The molecule has 0 saturated carbocycles. The van der Waals surface area contributed by atoms with Crippen molar-refractivity contribution in [1.29, 1.82) is 0 Å². The summed E-state index contributed by atoms with van der Waals surface area (Å²) >= 11 is 0. The molecule has 2 aromatic rings. The van der Waals surface area contributed by atoms with Crippen LogP contribution in [0.25, 0.3) is 0 Å². The highest BCUT2D eigenvalue weighted by Gasteiger charge is 2.05. The van der Waals surface area contributed by atoms with Crippen LogP contribution in [0, 0.1) is 13.8 Å². The summed E-state index contributed by atoms with van der Waals surface area (Å²) in [4.78, 5) is 14.9. The molecule has 0 atom stereocenters. The second kappa shape index (κ2) is 5.54. The van der Waals surface area contributed by atoms with Gasteiger partial charge in [0, 0.05) is 24.0 Å². The van der Waals surface area contributed by atoms with E-state index in [0.717, 1.165) is 23.4 Å². The molecule has 3 heteroatoms. The third kappa shape index (κ3) is 3.23. The standard InChI is InChI=1S/C15H18N2O/c1-11-5-7-14(12(2)10-11)17-15(18)8-6-13-4-3-9-16-13/h3-5,7,9-10,16H,6,8H2,1-2H3,(H,17,18). The lowest BCUT2D eigenvalue weighted by Gasteiger charge is -2.08. The summed E-state index contributed by atoms with van der Waals surface area (Å²) in [6, 6.07) is 9.97. The largest absolute Gasteiger partial charge is 0.365 e. The van der Waals surface area contributed by atoms with E-state index in [1.807, 2.05) is 44.3 Å². The van der Waals surface area contributed by atoms with Gasteiger partial charge in [-0.3, -0.25) is 4.79 Å². The zero-order valence-electron chi connectivity index (χ0n) is 10.8. The topological polar surface area (TPSA) is 44.9 Å². The first-order valence-corrected chi connectivity index (χ1v) is 6.14. The highest BCUT2D eigenvalue weighted by atomic mass is 16.1. The second-order valence-electron chi connectivity index (χ2n) is 4.56. The maximum atomic E-state index is 11.8. The lowest BCUT2D eigenvalue weighted by molar-refractivity contribution is -0.116. The van der Waals surface area contributed by atoms with E-state index >= 15 is 0 Å². The predicted molar refractivity (Wildman–Crippen MR) is 73.7 cm³/mol. The van der Waals surface area contributed by atoms with Gasteiger partial charge in [-0.15, -0.1) is 0 Å². The molecule has 0 aliphatic rings. The van der Waals surface area contributed by atoms with Gasteiger partial charge in [0.2, 0.25) is 5.91 Å². The van der Waals surface area contributed by atoms with Gasteiger partial charge in [-0.25, -0.2) is 0 Å². The van der Waals surface area contributed by atoms with Crippen LogP contribution in [0.3, 0.4) is 0 Å². The normalized spacial score (nSPS) is 10.3. The number of carbonyl (C=O) groups is 1. The van der Waals surface area contributed by atoms with E-state index in [-0.39, 0.29) is 5.91 Å². The molecule has 0 aliphatic heterocycles. The van der Waals surface area contributed by atoms with Crippen molar-refractivity contribution in [3.05, 3.63) is 53.3 Å². The van der Waals surface area contributed by atoms with E-state index < -0.39 is 0 Å². The first kappa shape index (κ1) is 12.4. The second-order valence-corrected chi connectivity index (χ2v) is 4.56. The summed E-state index contributed by atoms with van der Waals surface area (Å²) in [5.74, 6) is 0.0524. The molecule has 0 aliphatic carbocycles. The van der Waals surface area contributed by atoms with Crippen molar-refractivity contribution in [1.82, 2.24) is 4.98 Å². The third-order valence-electron chi connectivity index (χ3n) is 2.94. The molecule has 3 nitrogen and oxygen atoms in total.